The number of hydrogen-bond acceptors (Lipinski definition) is 5. The highest BCUT2D eigenvalue weighted by atomic mass is 32.2. The summed E-state index contributed by atoms with van der Waals surface area (Å²) >= 11 is 0. The highest BCUT2D eigenvalue weighted by Crippen LogP contribution is 2.04. The van der Waals surface area contributed by atoms with E-state index in [-0.39, 0.29) is 11.6 Å². The fourth-order valence-electron chi connectivity index (χ4n) is 1.54. The second-order valence-electron chi connectivity index (χ2n) is 4.34. The van der Waals surface area contributed by atoms with Gasteiger partial charge in [-0.05, 0) is 18.5 Å². The van der Waals surface area contributed by atoms with Crippen LogP contribution in [0.3, 0.4) is 0 Å². The van der Waals surface area contributed by atoms with Crippen molar-refractivity contribution in [2.45, 2.75) is 13.0 Å². The molecule has 4 N–H and O–H groups in total. The molecule has 0 atom stereocenters. The Balaban J connectivity index is 2.34. The van der Waals surface area contributed by atoms with Gasteiger partial charge in [0.15, 0.2) is 5.84 Å². The number of oxime groups is 1. The minimum Gasteiger partial charge on any atom is -0.409 e. The van der Waals surface area contributed by atoms with E-state index >= 15 is 0 Å². The minimum atomic E-state index is -2.88. The zero-order valence-corrected chi connectivity index (χ0v) is 11.7. The zero-order valence-electron chi connectivity index (χ0n) is 10.8. The van der Waals surface area contributed by atoms with Crippen LogP contribution in [0, 0.1) is 0 Å². The van der Waals surface area contributed by atoms with Crippen molar-refractivity contribution in [2.75, 3.05) is 18.6 Å². The molecule has 6 nitrogen and oxygen atoms in total. The Hall–Kier alpha value is -1.60. The molecule has 0 aliphatic rings. The highest BCUT2D eigenvalue weighted by Gasteiger charge is 2.01. The summed E-state index contributed by atoms with van der Waals surface area (Å²) in [6.07, 6.45) is 1.83. The third kappa shape index (κ3) is 6.21. The van der Waals surface area contributed by atoms with E-state index in [1.807, 2.05) is 12.1 Å². The molecule has 106 valence electrons. The Morgan fingerprint density at radius 1 is 1.37 bits per heavy atom. The van der Waals surface area contributed by atoms with Crippen LogP contribution >= 0.6 is 0 Å². The highest BCUT2D eigenvalue weighted by molar-refractivity contribution is 7.90. The summed E-state index contributed by atoms with van der Waals surface area (Å²) in [4.78, 5) is 0. The molecule has 0 aromatic heterocycles. The standard InChI is InChI=1S/C12H19N3O3S/c1-19(17,18)8-2-7-14-9-10-3-5-11(6-4-10)12(13)15-16/h3-6,14,16H,2,7-9H2,1H3,(H2,13,15). The number of rotatable bonds is 7. The fourth-order valence-corrected chi connectivity index (χ4v) is 2.21. The lowest BCUT2D eigenvalue weighted by Crippen LogP contribution is -2.18. The van der Waals surface area contributed by atoms with Crippen LogP contribution in [0.4, 0.5) is 0 Å². The number of nitrogens with zero attached hydrogens (tertiary/aromatic N) is 1. The molecular weight excluding hydrogens is 266 g/mol. The van der Waals surface area contributed by atoms with E-state index in [2.05, 4.69) is 10.5 Å². The topological polar surface area (TPSA) is 105 Å². The minimum absolute atomic E-state index is 0.0765. The molecule has 0 heterocycles. The van der Waals surface area contributed by atoms with Crippen molar-refractivity contribution in [3.05, 3.63) is 35.4 Å². The molecule has 0 saturated carbocycles. The Labute approximate surface area is 113 Å². The van der Waals surface area contributed by atoms with E-state index < -0.39 is 9.84 Å². The summed E-state index contributed by atoms with van der Waals surface area (Å²) in [6.45, 7) is 1.30. The van der Waals surface area contributed by atoms with E-state index in [1.165, 1.54) is 6.26 Å². The second-order valence-corrected chi connectivity index (χ2v) is 6.60. The molecular formula is C12H19N3O3S. The van der Waals surface area contributed by atoms with Gasteiger partial charge in [-0.15, -0.1) is 0 Å². The molecule has 0 unspecified atom stereocenters. The van der Waals surface area contributed by atoms with E-state index in [4.69, 9.17) is 10.9 Å². The first-order valence-electron chi connectivity index (χ1n) is 5.87. The van der Waals surface area contributed by atoms with Crippen molar-refractivity contribution in [1.82, 2.24) is 5.32 Å². The number of hydrogen-bond donors (Lipinski definition) is 3. The van der Waals surface area contributed by atoms with Crippen LogP contribution in [0.15, 0.2) is 29.4 Å². The third-order valence-corrected chi connectivity index (χ3v) is 3.59. The number of amidine groups is 1. The van der Waals surface area contributed by atoms with Crippen molar-refractivity contribution >= 4 is 15.7 Å². The summed E-state index contributed by atoms with van der Waals surface area (Å²) in [5.74, 6) is 0.273. The molecule has 7 heteroatoms. The van der Waals surface area contributed by atoms with Gasteiger partial charge >= 0.3 is 0 Å². The van der Waals surface area contributed by atoms with Gasteiger partial charge in [0, 0.05) is 18.4 Å². The Kier molecular flexibility index (Phi) is 5.78. The normalized spacial score (nSPS) is 12.6. The molecule has 0 spiro atoms. The third-order valence-electron chi connectivity index (χ3n) is 2.56. The molecule has 1 aromatic carbocycles. The SMILES string of the molecule is CS(=O)(=O)CCCNCc1ccc(C(N)=NO)cc1. The smallest absolute Gasteiger partial charge is 0.170 e. The van der Waals surface area contributed by atoms with Gasteiger partial charge in [0.25, 0.3) is 0 Å². The molecule has 0 aliphatic carbocycles. The van der Waals surface area contributed by atoms with Crippen LogP contribution in [0.5, 0.6) is 0 Å². The van der Waals surface area contributed by atoms with Gasteiger partial charge in [-0.1, -0.05) is 29.4 Å². The number of benzene rings is 1. The van der Waals surface area contributed by atoms with Crippen LogP contribution in [-0.2, 0) is 16.4 Å². The lowest BCUT2D eigenvalue weighted by atomic mass is 10.1. The average Bonchev–Trinajstić information content (AvgIpc) is 2.37. The molecule has 0 amide bonds. The monoisotopic (exact) mass is 285 g/mol. The van der Waals surface area contributed by atoms with Crippen LogP contribution in [0.2, 0.25) is 0 Å². The molecule has 0 aliphatic heterocycles. The van der Waals surface area contributed by atoms with Gasteiger partial charge in [0.2, 0.25) is 0 Å². The van der Waals surface area contributed by atoms with Gasteiger partial charge in [-0.3, -0.25) is 0 Å². The van der Waals surface area contributed by atoms with Crippen molar-refractivity contribution in [2.24, 2.45) is 10.9 Å². The first-order chi connectivity index (χ1) is 8.92. The Morgan fingerprint density at radius 3 is 2.53 bits per heavy atom. The summed E-state index contributed by atoms with van der Waals surface area (Å²) in [6, 6.07) is 7.28. The molecule has 0 fully saturated rings. The first-order valence-corrected chi connectivity index (χ1v) is 7.94. The van der Waals surface area contributed by atoms with Crippen molar-refractivity contribution < 1.29 is 13.6 Å². The van der Waals surface area contributed by atoms with Crippen molar-refractivity contribution in [3.63, 3.8) is 0 Å². The van der Waals surface area contributed by atoms with E-state index in [0.29, 0.717) is 25.1 Å². The lowest BCUT2D eigenvalue weighted by molar-refractivity contribution is 0.318. The van der Waals surface area contributed by atoms with Gasteiger partial charge in [-0.25, -0.2) is 8.42 Å². The van der Waals surface area contributed by atoms with E-state index in [9.17, 15) is 8.42 Å². The fraction of sp³-hybridized carbons (Fsp3) is 0.417. The quantitative estimate of drug-likeness (QED) is 0.220. The van der Waals surface area contributed by atoms with Crippen LogP contribution < -0.4 is 11.1 Å². The number of sulfone groups is 1. The zero-order chi connectivity index (χ0) is 14.3. The maximum absolute atomic E-state index is 10.9. The van der Waals surface area contributed by atoms with E-state index in [0.717, 1.165) is 5.56 Å². The predicted molar refractivity (Wildman–Crippen MR) is 75.0 cm³/mol. The van der Waals surface area contributed by atoms with Crippen molar-refractivity contribution in [1.29, 1.82) is 0 Å². The Morgan fingerprint density at radius 2 is 2.00 bits per heavy atom. The molecule has 19 heavy (non-hydrogen) atoms. The molecule has 1 rings (SSSR count). The molecule has 0 bridgehead atoms. The van der Waals surface area contributed by atoms with Gasteiger partial charge in [0.1, 0.15) is 9.84 Å². The summed E-state index contributed by atoms with van der Waals surface area (Å²) < 4.78 is 21.8. The number of nitrogens with one attached hydrogen (secondary N) is 1. The maximum atomic E-state index is 10.9. The second kappa shape index (κ2) is 7.10. The van der Waals surface area contributed by atoms with Gasteiger partial charge in [0.05, 0.1) is 5.75 Å². The summed E-state index contributed by atoms with van der Waals surface area (Å²) in [5, 5.41) is 14.6. The van der Waals surface area contributed by atoms with Crippen LogP contribution in [0.1, 0.15) is 17.5 Å². The Bertz CT molecular complexity index is 524. The first kappa shape index (κ1) is 15.5. The van der Waals surface area contributed by atoms with Gasteiger partial charge < -0.3 is 16.3 Å². The summed E-state index contributed by atoms with van der Waals surface area (Å²) in [5.41, 5.74) is 7.16. The molecule has 0 radical (unpaired) electrons. The lowest BCUT2D eigenvalue weighted by Gasteiger charge is -2.05. The van der Waals surface area contributed by atoms with Crippen LogP contribution in [-0.4, -0.2) is 38.0 Å². The predicted octanol–water partition coefficient (Wildman–Crippen LogP) is 0.305. The molecule has 0 saturated heterocycles. The number of nitrogens with two attached hydrogens (primary N) is 1. The van der Waals surface area contributed by atoms with E-state index in [1.54, 1.807) is 12.1 Å². The van der Waals surface area contributed by atoms with Crippen LogP contribution in [0.25, 0.3) is 0 Å². The largest absolute Gasteiger partial charge is 0.409 e. The van der Waals surface area contributed by atoms with Crippen molar-refractivity contribution in [3.8, 4) is 0 Å². The van der Waals surface area contributed by atoms with Gasteiger partial charge in [-0.2, -0.15) is 0 Å². The molecule has 1 aromatic rings. The maximum Gasteiger partial charge on any atom is 0.170 e. The summed E-state index contributed by atoms with van der Waals surface area (Å²) in [7, 11) is -2.88. The average molecular weight is 285 g/mol.